The third kappa shape index (κ3) is 6.30. The molecule has 2 aliphatic heterocycles. The van der Waals surface area contributed by atoms with E-state index in [4.69, 9.17) is 34.2 Å². The second kappa shape index (κ2) is 11.4. The van der Waals surface area contributed by atoms with Crippen LogP contribution in [0.4, 0.5) is 0 Å². The van der Waals surface area contributed by atoms with Crippen molar-refractivity contribution in [1.82, 2.24) is 0 Å². The van der Waals surface area contributed by atoms with E-state index < -0.39 is 0 Å². The average molecular weight is 456 g/mol. The van der Waals surface area contributed by atoms with E-state index in [1.807, 2.05) is 0 Å². The van der Waals surface area contributed by atoms with E-state index >= 15 is 0 Å². The van der Waals surface area contributed by atoms with Crippen molar-refractivity contribution >= 4 is 5.97 Å². The van der Waals surface area contributed by atoms with Crippen molar-refractivity contribution in [2.45, 2.75) is 82.4 Å². The molecule has 8 heteroatoms. The Morgan fingerprint density at radius 1 is 1.19 bits per heavy atom. The van der Waals surface area contributed by atoms with Gasteiger partial charge in [-0.2, -0.15) is 0 Å². The lowest BCUT2D eigenvalue weighted by Gasteiger charge is -2.42. The molecule has 1 spiro atoms. The maximum Gasteiger partial charge on any atom is 0.306 e. The lowest BCUT2D eigenvalue weighted by molar-refractivity contribution is -0.172. The molecule has 32 heavy (non-hydrogen) atoms. The molecule has 0 amide bonds. The SMILES string of the molecule is COC1C(OC(=O)CCCOCCOCCN)CC[C@]2(CO2)C1[C@]1(C)O[C@@H]1CC=C(C)C. The van der Waals surface area contributed by atoms with E-state index in [0.717, 1.165) is 25.9 Å². The van der Waals surface area contributed by atoms with Gasteiger partial charge in [-0.25, -0.2) is 0 Å². The summed E-state index contributed by atoms with van der Waals surface area (Å²) in [6.45, 7) is 9.61. The Bertz CT molecular complexity index is 646. The summed E-state index contributed by atoms with van der Waals surface area (Å²) < 4.78 is 34.7. The molecule has 0 aromatic carbocycles. The Morgan fingerprint density at radius 2 is 1.91 bits per heavy atom. The summed E-state index contributed by atoms with van der Waals surface area (Å²) in [6, 6.07) is 0. The van der Waals surface area contributed by atoms with Crippen LogP contribution in [-0.2, 0) is 33.2 Å². The first-order valence-electron chi connectivity index (χ1n) is 11.9. The summed E-state index contributed by atoms with van der Waals surface area (Å²) in [5.74, 6) is -0.173. The molecule has 2 heterocycles. The van der Waals surface area contributed by atoms with Crippen LogP contribution in [0.2, 0.25) is 0 Å². The minimum Gasteiger partial charge on any atom is -0.460 e. The van der Waals surface area contributed by atoms with Crippen LogP contribution in [0, 0.1) is 5.92 Å². The number of hydrogen-bond donors (Lipinski definition) is 1. The Balaban J connectivity index is 1.48. The summed E-state index contributed by atoms with van der Waals surface area (Å²) in [4.78, 5) is 12.5. The van der Waals surface area contributed by atoms with Crippen molar-refractivity contribution in [2.75, 3.05) is 46.7 Å². The molecular weight excluding hydrogens is 414 g/mol. The van der Waals surface area contributed by atoms with Gasteiger partial charge in [0.1, 0.15) is 23.4 Å². The number of carbonyl (C=O) groups excluding carboxylic acids is 1. The molecule has 1 saturated carbocycles. The third-order valence-electron chi connectivity index (χ3n) is 6.82. The van der Waals surface area contributed by atoms with Crippen LogP contribution in [0.5, 0.6) is 0 Å². The van der Waals surface area contributed by atoms with Crippen LogP contribution in [0.1, 0.15) is 52.9 Å². The number of carbonyl (C=O) groups is 1. The number of esters is 1. The van der Waals surface area contributed by atoms with Gasteiger partial charge in [-0.05, 0) is 46.5 Å². The number of methoxy groups -OCH3 is 1. The van der Waals surface area contributed by atoms with Crippen molar-refractivity contribution in [3.8, 4) is 0 Å². The standard InChI is InChI=1S/C24H41NO7/c1-17(2)7-8-19-23(3,32-19)22-21(27-4)18(9-10-24(22)16-30-24)31-20(26)6-5-12-28-14-15-29-13-11-25/h7,18-19,21-22H,5-6,8-16,25H2,1-4H3/t18?,19-,21?,22?,23-,24+/m1/s1. The smallest absolute Gasteiger partial charge is 0.306 e. The Kier molecular flexibility index (Phi) is 9.12. The van der Waals surface area contributed by atoms with Gasteiger partial charge in [0.2, 0.25) is 0 Å². The maximum atomic E-state index is 12.5. The van der Waals surface area contributed by atoms with E-state index in [2.05, 4.69) is 26.8 Å². The van der Waals surface area contributed by atoms with Crippen molar-refractivity contribution in [3.05, 3.63) is 11.6 Å². The monoisotopic (exact) mass is 455 g/mol. The molecule has 8 nitrogen and oxygen atoms in total. The highest BCUT2D eigenvalue weighted by Crippen LogP contribution is 2.59. The van der Waals surface area contributed by atoms with Gasteiger partial charge >= 0.3 is 5.97 Å². The van der Waals surface area contributed by atoms with Gasteiger partial charge in [0.05, 0.1) is 38.4 Å². The molecule has 0 aromatic heterocycles. The molecular formula is C24H41NO7. The first-order valence-corrected chi connectivity index (χ1v) is 11.9. The zero-order valence-electron chi connectivity index (χ0n) is 20.1. The van der Waals surface area contributed by atoms with E-state index in [0.29, 0.717) is 45.8 Å². The molecule has 0 aromatic rings. The quantitative estimate of drug-likeness (QED) is 0.184. The molecule has 3 rings (SSSR count). The fraction of sp³-hybridized carbons (Fsp3) is 0.875. The lowest BCUT2D eigenvalue weighted by atomic mass is 9.68. The fourth-order valence-electron chi connectivity index (χ4n) is 5.02. The summed E-state index contributed by atoms with van der Waals surface area (Å²) in [7, 11) is 1.69. The van der Waals surface area contributed by atoms with Crippen LogP contribution < -0.4 is 5.73 Å². The summed E-state index contributed by atoms with van der Waals surface area (Å²) in [5.41, 5.74) is 6.11. The third-order valence-corrected chi connectivity index (χ3v) is 6.82. The number of ether oxygens (including phenoxy) is 6. The Hall–Kier alpha value is -1.03. The second-order valence-corrected chi connectivity index (χ2v) is 9.52. The molecule has 2 saturated heterocycles. The van der Waals surface area contributed by atoms with Crippen molar-refractivity contribution in [3.63, 3.8) is 0 Å². The van der Waals surface area contributed by atoms with Gasteiger partial charge < -0.3 is 34.2 Å². The zero-order valence-corrected chi connectivity index (χ0v) is 20.1. The first kappa shape index (κ1) is 25.6. The van der Waals surface area contributed by atoms with Crippen LogP contribution in [-0.4, -0.2) is 82.2 Å². The van der Waals surface area contributed by atoms with Crippen LogP contribution >= 0.6 is 0 Å². The topological polar surface area (TPSA) is 105 Å². The zero-order chi connectivity index (χ0) is 23.2. The average Bonchev–Trinajstić information content (AvgIpc) is 3.67. The Labute approximate surface area is 192 Å². The molecule has 3 aliphatic rings. The predicted octanol–water partition coefficient (Wildman–Crippen LogP) is 2.38. The molecule has 2 N–H and O–H groups in total. The maximum absolute atomic E-state index is 12.5. The van der Waals surface area contributed by atoms with Gasteiger partial charge in [-0.1, -0.05) is 11.6 Å². The normalized spacial score (nSPS) is 35.5. The van der Waals surface area contributed by atoms with Crippen molar-refractivity contribution < 1.29 is 33.2 Å². The van der Waals surface area contributed by atoms with E-state index in [9.17, 15) is 4.79 Å². The van der Waals surface area contributed by atoms with Crippen molar-refractivity contribution in [1.29, 1.82) is 0 Å². The number of hydrogen-bond acceptors (Lipinski definition) is 8. The van der Waals surface area contributed by atoms with Crippen LogP contribution in [0.15, 0.2) is 11.6 Å². The summed E-state index contributed by atoms with van der Waals surface area (Å²) in [6.07, 6.45) is 5.23. The molecule has 0 bridgehead atoms. The first-order chi connectivity index (χ1) is 15.4. The predicted molar refractivity (Wildman–Crippen MR) is 119 cm³/mol. The van der Waals surface area contributed by atoms with Gasteiger partial charge in [0.25, 0.3) is 0 Å². The minimum absolute atomic E-state index is 0.0407. The minimum atomic E-state index is -0.325. The van der Waals surface area contributed by atoms with E-state index in [-0.39, 0.29) is 41.4 Å². The van der Waals surface area contributed by atoms with Crippen LogP contribution in [0.3, 0.4) is 0 Å². The molecule has 3 unspecified atom stereocenters. The molecule has 0 radical (unpaired) electrons. The molecule has 3 fully saturated rings. The van der Waals surface area contributed by atoms with Crippen molar-refractivity contribution in [2.24, 2.45) is 11.7 Å². The lowest BCUT2D eigenvalue weighted by Crippen LogP contribution is -2.55. The van der Waals surface area contributed by atoms with E-state index in [1.54, 1.807) is 7.11 Å². The highest BCUT2D eigenvalue weighted by Gasteiger charge is 2.72. The molecule has 184 valence electrons. The number of nitrogens with two attached hydrogens (primary N) is 1. The van der Waals surface area contributed by atoms with Crippen LogP contribution in [0.25, 0.3) is 0 Å². The van der Waals surface area contributed by atoms with Gasteiger partial charge in [-0.3, -0.25) is 4.79 Å². The highest BCUT2D eigenvalue weighted by molar-refractivity contribution is 5.69. The molecule has 1 aliphatic carbocycles. The second-order valence-electron chi connectivity index (χ2n) is 9.52. The highest BCUT2D eigenvalue weighted by atomic mass is 16.6. The van der Waals surface area contributed by atoms with E-state index in [1.165, 1.54) is 5.57 Å². The van der Waals surface area contributed by atoms with Gasteiger partial charge in [0.15, 0.2) is 0 Å². The number of epoxide rings is 2. The Morgan fingerprint density at radius 3 is 2.53 bits per heavy atom. The summed E-state index contributed by atoms with van der Waals surface area (Å²) >= 11 is 0. The van der Waals surface area contributed by atoms with Gasteiger partial charge in [0, 0.05) is 26.7 Å². The molecule has 6 atom stereocenters. The number of rotatable bonds is 14. The number of allylic oxidation sites excluding steroid dienone is 1. The fourth-order valence-corrected chi connectivity index (χ4v) is 5.02. The van der Waals surface area contributed by atoms with Gasteiger partial charge in [-0.15, -0.1) is 0 Å². The summed E-state index contributed by atoms with van der Waals surface area (Å²) in [5, 5.41) is 0. The largest absolute Gasteiger partial charge is 0.460 e.